The molecule has 16 heavy (non-hydrogen) atoms. The van der Waals surface area contributed by atoms with Crippen LogP contribution in [0.25, 0.3) is 10.4 Å². The minimum atomic E-state index is 0.772. The molecule has 1 heterocycles. The van der Waals surface area contributed by atoms with Gasteiger partial charge in [0.1, 0.15) is 0 Å². The molecule has 5 heteroatoms. The van der Waals surface area contributed by atoms with Gasteiger partial charge < -0.3 is 4.72 Å². The quantitative estimate of drug-likeness (QED) is 0.742. The number of anilines is 1. The second-order valence-corrected chi connectivity index (χ2v) is 5.98. The largest absolute Gasteiger partial charge is 0.330 e. The van der Waals surface area contributed by atoms with Crippen LogP contribution < -0.4 is 4.72 Å². The predicted molar refractivity (Wildman–Crippen MR) is 79.6 cm³/mol. The van der Waals surface area contributed by atoms with E-state index in [1.165, 1.54) is 4.88 Å². The lowest BCUT2D eigenvalue weighted by molar-refractivity contribution is 1.67. The Labute approximate surface area is 116 Å². The van der Waals surface area contributed by atoms with Gasteiger partial charge in [0.25, 0.3) is 0 Å². The van der Waals surface area contributed by atoms with E-state index >= 15 is 0 Å². The zero-order chi connectivity index (χ0) is 11.5. The number of rotatable bonds is 3. The third-order valence-electron chi connectivity index (χ3n) is 2.02. The van der Waals surface area contributed by atoms with E-state index in [2.05, 4.69) is 32.1 Å². The lowest BCUT2D eigenvalue weighted by atomic mass is 10.2. The Balaban J connectivity index is 2.36. The number of halogens is 2. The van der Waals surface area contributed by atoms with Crippen LogP contribution in [0.1, 0.15) is 0 Å². The van der Waals surface area contributed by atoms with Gasteiger partial charge in [0.05, 0.1) is 5.02 Å². The van der Waals surface area contributed by atoms with Crippen LogP contribution >= 0.6 is 50.8 Å². The average Bonchev–Trinajstić information content (AvgIpc) is 2.65. The standard InChI is InChI=1S/C11H9BrClNS2/c1-15-14-8-2-3-9(10(13)5-8)11-4-7(12)6-16-11/h2-6,14H,1H3. The maximum absolute atomic E-state index is 6.25. The summed E-state index contributed by atoms with van der Waals surface area (Å²) >= 11 is 12.9. The molecular formula is C11H9BrClNS2. The lowest BCUT2D eigenvalue weighted by Gasteiger charge is -2.05. The van der Waals surface area contributed by atoms with Crippen molar-refractivity contribution in [3.8, 4) is 10.4 Å². The monoisotopic (exact) mass is 333 g/mol. The van der Waals surface area contributed by atoms with Crippen LogP contribution in [-0.2, 0) is 0 Å². The minimum Gasteiger partial charge on any atom is -0.330 e. The van der Waals surface area contributed by atoms with Crippen molar-refractivity contribution in [1.82, 2.24) is 0 Å². The van der Waals surface area contributed by atoms with Crippen molar-refractivity contribution >= 4 is 56.5 Å². The topological polar surface area (TPSA) is 12.0 Å². The molecule has 1 aromatic carbocycles. The van der Waals surface area contributed by atoms with Crippen LogP contribution in [0.4, 0.5) is 5.69 Å². The molecule has 2 rings (SSSR count). The van der Waals surface area contributed by atoms with Gasteiger partial charge in [0, 0.05) is 32.2 Å². The molecule has 84 valence electrons. The molecule has 0 fully saturated rings. The number of nitrogens with one attached hydrogen (secondary N) is 1. The normalized spacial score (nSPS) is 10.4. The summed E-state index contributed by atoms with van der Waals surface area (Å²) in [6, 6.07) is 8.10. The molecule has 0 bridgehead atoms. The molecule has 2 aromatic rings. The van der Waals surface area contributed by atoms with Crippen LogP contribution in [0, 0.1) is 0 Å². The molecular weight excluding hydrogens is 326 g/mol. The van der Waals surface area contributed by atoms with Gasteiger partial charge in [-0.25, -0.2) is 0 Å². The second-order valence-electron chi connectivity index (χ2n) is 3.13. The van der Waals surface area contributed by atoms with Gasteiger partial charge in [-0.15, -0.1) is 11.3 Å². The molecule has 0 amide bonds. The first-order valence-electron chi connectivity index (χ1n) is 4.53. The van der Waals surface area contributed by atoms with Gasteiger partial charge in [-0.3, -0.25) is 0 Å². The molecule has 0 saturated heterocycles. The predicted octanol–water partition coefficient (Wildman–Crippen LogP) is 5.52. The fraction of sp³-hybridized carbons (Fsp3) is 0.0909. The van der Waals surface area contributed by atoms with E-state index in [0.29, 0.717) is 0 Å². The molecule has 1 aromatic heterocycles. The lowest BCUT2D eigenvalue weighted by Crippen LogP contribution is -1.85. The van der Waals surface area contributed by atoms with E-state index in [4.69, 9.17) is 11.6 Å². The van der Waals surface area contributed by atoms with E-state index in [0.717, 1.165) is 20.7 Å². The molecule has 0 aliphatic rings. The molecule has 0 spiro atoms. The van der Waals surface area contributed by atoms with Crippen LogP contribution in [0.15, 0.2) is 34.1 Å². The van der Waals surface area contributed by atoms with Gasteiger partial charge >= 0.3 is 0 Å². The first-order chi connectivity index (χ1) is 7.70. The van der Waals surface area contributed by atoms with E-state index in [1.54, 1.807) is 23.3 Å². The first-order valence-corrected chi connectivity index (χ1v) is 7.81. The highest BCUT2D eigenvalue weighted by Gasteiger charge is 2.06. The third-order valence-corrected chi connectivity index (χ3v) is 4.50. The summed E-state index contributed by atoms with van der Waals surface area (Å²) in [5, 5.41) is 2.83. The van der Waals surface area contributed by atoms with Crippen LogP contribution in [0.5, 0.6) is 0 Å². The van der Waals surface area contributed by atoms with Crippen LogP contribution in [-0.4, -0.2) is 6.26 Å². The van der Waals surface area contributed by atoms with Crippen LogP contribution in [0.2, 0.25) is 5.02 Å². The van der Waals surface area contributed by atoms with Gasteiger partial charge in [-0.1, -0.05) is 23.5 Å². The van der Waals surface area contributed by atoms with E-state index in [1.807, 2.05) is 24.5 Å². The maximum atomic E-state index is 6.25. The SMILES string of the molecule is CSNc1ccc(-c2cc(Br)cs2)c(Cl)c1. The molecule has 0 aliphatic heterocycles. The Morgan fingerprint density at radius 2 is 2.19 bits per heavy atom. The molecule has 1 nitrogen and oxygen atoms in total. The fourth-order valence-electron chi connectivity index (χ4n) is 1.35. The van der Waals surface area contributed by atoms with Crippen molar-refractivity contribution in [2.45, 2.75) is 0 Å². The maximum Gasteiger partial charge on any atom is 0.0513 e. The molecule has 0 atom stereocenters. The number of benzene rings is 1. The highest BCUT2D eigenvalue weighted by molar-refractivity contribution is 9.10. The summed E-state index contributed by atoms with van der Waals surface area (Å²) in [4.78, 5) is 1.17. The molecule has 0 radical (unpaired) electrons. The van der Waals surface area contributed by atoms with E-state index < -0.39 is 0 Å². The van der Waals surface area contributed by atoms with Gasteiger partial charge in [-0.05, 0) is 40.2 Å². The highest BCUT2D eigenvalue weighted by Crippen LogP contribution is 2.36. The molecule has 1 N–H and O–H groups in total. The Morgan fingerprint density at radius 1 is 1.38 bits per heavy atom. The van der Waals surface area contributed by atoms with Gasteiger partial charge in [0.15, 0.2) is 0 Å². The van der Waals surface area contributed by atoms with Crippen molar-refractivity contribution in [2.75, 3.05) is 11.0 Å². The smallest absolute Gasteiger partial charge is 0.0513 e. The van der Waals surface area contributed by atoms with Crippen molar-refractivity contribution in [2.24, 2.45) is 0 Å². The Bertz CT molecular complexity index is 498. The minimum absolute atomic E-state index is 0.772. The summed E-state index contributed by atoms with van der Waals surface area (Å²) in [7, 11) is 0. The fourth-order valence-corrected chi connectivity index (χ4v) is 3.52. The highest BCUT2D eigenvalue weighted by atomic mass is 79.9. The molecule has 0 saturated carbocycles. The summed E-state index contributed by atoms with van der Waals surface area (Å²) in [5.74, 6) is 0. The average molecular weight is 335 g/mol. The number of thiophene rings is 1. The molecule has 0 unspecified atom stereocenters. The van der Waals surface area contributed by atoms with E-state index in [-0.39, 0.29) is 0 Å². The molecule has 0 aliphatic carbocycles. The first kappa shape index (κ1) is 12.3. The Hall–Kier alpha value is -0.160. The van der Waals surface area contributed by atoms with Gasteiger partial charge in [-0.2, -0.15) is 0 Å². The van der Waals surface area contributed by atoms with E-state index in [9.17, 15) is 0 Å². The second kappa shape index (κ2) is 5.45. The van der Waals surface area contributed by atoms with Crippen molar-refractivity contribution in [3.05, 3.63) is 39.1 Å². The summed E-state index contributed by atoms with van der Waals surface area (Å²) < 4.78 is 4.25. The zero-order valence-electron chi connectivity index (χ0n) is 8.46. The van der Waals surface area contributed by atoms with Crippen LogP contribution in [0.3, 0.4) is 0 Å². The summed E-state index contributed by atoms with van der Waals surface area (Å²) in [6.45, 7) is 0. The number of hydrogen-bond acceptors (Lipinski definition) is 3. The number of hydrogen-bond donors (Lipinski definition) is 1. The summed E-state index contributed by atoms with van der Waals surface area (Å²) in [6.07, 6.45) is 1.98. The van der Waals surface area contributed by atoms with Crippen molar-refractivity contribution in [3.63, 3.8) is 0 Å². The Kier molecular flexibility index (Phi) is 4.19. The third kappa shape index (κ3) is 2.74. The summed E-state index contributed by atoms with van der Waals surface area (Å²) in [5.41, 5.74) is 2.10. The van der Waals surface area contributed by atoms with Crippen molar-refractivity contribution < 1.29 is 0 Å². The van der Waals surface area contributed by atoms with Gasteiger partial charge in [0.2, 0.25) is 0 Å². The Morgan fingerprint density at radius 3 is 2.75 bits per heavy atom. The van der Waals surface area contributed by atoms with Crippen molar-refractivity contribution in [1.29, 1.82) is 0 Å². The zero-order valence-corrected chi connectivity index (χ0v) is 12.4.